The molecule has 1 aromatic heterocycles. The number of halogens is 1. The monoisotopic (exact) mass is 253 g/mol. The second-order valence-electron chi connectivity index (χ2n) is 4.35. The molecule has 2 heteroatoms. The molecule has 88 valence electrons. The fourth-order valence-electron chi connectivity index (χ4n) is 2.12. The minimum absolute atomic E-state index is 0.747. The highest BCUT2D eigenvalue weighted by molar-refractivity contribution is 6.30. The first-order valence-corrected chi connectivity index (χ1v) is 6.24. The molecule has 0 amide bonds. The molecule has 3 rings (SSSR count). The van der Waals surface area contributed by atoms with E-state index in [1.165, 1.54) is 10.9 Å². The molecule has 0 unspecified atom stereocenters. The van der Waals surface area contributed by atoms with E-state index >= 15 is 0 Å². The summed E-state index contributed by atoms with van der Waals surface area (Å²) in [6.07, 6.45) is 0. The lowest BCUT2D eigenvalue weighted by molar-refractivity contribution is 1.33. The molecule has 1 heterocycles. The van der Waals surface area contributed by atoms with E-state index < -0.39 is 0 Å². The van der Waals surface area contributed by atoms with Crippen LogP contribution in [0.1, 0.15) is 5.56 Å². The van der Waals surface area contributed by atoms with Crippen LogP contribution in [-0.2, 0) is 0 Å². The maximum Gasteiger partial charge on any atom is 0.0738 e. The Bertz CT molecular complexity index is 702. The minimum atomic E-state index is 0.747. The van der Waals surface area contributed by atoms with Crippen molar-refractivity contribution < 1.29 is 0 Å². The van der Waals surface area contributed by atoms with Crippen LogP contribution in [-0.4, -0.2) is 4.98 Å². The highest BCUT2D eigenvalue weighted by atomic mass is 35.5. The molecule has 0 spiro atoms. The lowest BCUT2D eigenvalue weighted by Gasteiger charge is -2.07. The number of aryl methyl sites for hydroxylation is 1. The average Bonchev–Trinajstić information content (AvgIpc) is 2.39. The van der Waals surface area contributed by atoms with Crippen molar-refractivity contribution in [3.05, 3.63) is 65.2 Å². The summed E-state index contributed by atoms with van der Waals surface area (Å²) >= 11 is 5.91. The second-order valence-corrected chi connectivity index (χ2v) is 4.79. The van der Waals surface area contributed by atoms with E-state index in [-0.39, 0.29) is 0 Å². The van der Waals surface area contributed by atoms with Crippen molar-refractivity contribution >= 4 is 22.5 Å². The molecule has 0 saturated carbocycles. The fourth-order valence-corrected chi connectivity index (χ4v) is 2.25. The number of para-hydroxylation sites is 1. The molecule has 0 fully saturated rings. The number of aromatic nitrogens is 1. The molecule has 3 aromatic rings. The van der Waals surface area contributed by atoms with Crippen LogP contribution < -0.4 is 0 Å². The zero-order valence-corrected chi connectivity index (χ0v) is 10.8. The predicted molar refractivity (Wildman–Crippen MR) is 76.9 cm³/mol. The third-order valence-electron chi connectivity index (χ3n) is 3.03. The molecule has 0 aliphatic rings. The van der Waals surface area contributed by atoms with Crippen molar-refractivity contribution in [1.82, 2.24) is 4.98 Å². The van der Waals surface area contributed by atoms with E-state index in [0.29, 0.717) is 0 Å². The molecule has 2 aromatic carbocycles. The topological polar surface area (TPSA) is 12.9 Å². The van der Waals surface area contributed by atoms with Crippen molar-refractivity contribution in [3.8, 4) is 11.3 Å². The minimum Gasteiger partial charge on any atom is -0.248 e. The van der Waals surface area contributed by atoms with Gasteiger partial charge in [-0.1, -0.05) is 41.9 Å². The first-order valence-electron chi connectivity index (χ1n) is 5.86. The van der Waals surface area contributed by atoms with Gasteiger partial charge in [-0.3, -0.25) is 0 Å². The molecule has 0 aliphatic carbocycles. The van der Waals surface area contributed by atoms with Gasteiger partial charge < -0.3 is 0 Å². The number of nitrogens with zero attached hydrogens (tertiary/aromatic N) is 1. The standard InChI is InChI=1S/C16H12ClN/c1-11-10-13-4-2-3-5-15(13)18-16(11)12-6-8-14(17)9-7-12/h2-10H,1H3. The summed E-state index contributed by atoms with van der Waals surface area (Å²) in [5.41, 5.74) is 4.32. The number of rotatable bonds is 1. The average molecular weight is 254 g/mol. The van der Waals surface area contributed by atoms with Crippen LogP contribution in [0.4, 0.5) is 0 Å². The van der Waals surface area contributed by atoms with E-state index in [0.717, 1.165) is 21.8 Å². The van der Waals surface area contributed by atoms with Gasteiger partial charge in [-0.05, 0) is 36.8 Å². The Kier molecular flexibility index (Phi) is 2.77. The number of hydrogen-bond donors (Lipinski definition) is 0. The Morgan fingerprint density at radius 1 is 0.944 bits per heavy atom. The maximum absolute atomic E-state index is 5.91. The summed E-state index contributed by atoms with van der Waals surface area (Å²) in [6.45, 7) is 2.09. The number of pyridine rings is 1. The van der Waals surface area contributed by atoms with Gasteiger partial charge in [0.15, 0.2) is 0 Å². The molecule has 18 heavy (non-hydrogen) atoms. The van der Waals surface area contributed by atoms with Crippen molar-refractivity contribution in [1.29, 1.82) is 0 Å². The second kappa shape index (κ2) is 4.43. The number of hydrogen-bond acceptors (Lipinski definition) is 1. The van der Waals surface area contributed by atoms with Gasteiger partial charge in [0.05, 0.1) is 11.2 Å². The van der Waals surface area contributed by atoms with E-state index in [1.807, 2.05) is 42.5 Å². The molecular formula is C16H12ClN. The Balaban J connectivity index is 2.22. The molecule has 0 atom stereocenters. The Morgan fingerprint density at radius 3 is 2.44 bits per heavy atom. The van der Waals surface area contributed by atoms with Crippen molar-refractivity contribution in [2.45, 2.75) is 6.92 Å². The predicted octanol–water partition coefficient (Wildman–Crippen LogP) is 4.86. The smallest absolute Gasteiger partial charge is 0.0738 e. The third-order valence-corrected chi connectivity index (χ3v) is 3.28. The van der Waals surface area contributed by atoms with Crippen LogP contribution in [0.5, 0.6) is 0 Å². The van der Waals surface area contributed by atoms with Gasteiger partial charge in [0.25, 0.3) is 0 Å². The SMILES string of the molecule is Cc1cc2ccccc2nc1-c1ccc(Cl)cc1. The molecular weight excluding hydrogens is 242 g/mol. The van der Waals surface area contributed by atoms with Crippen molar-refractivity contribution in [3.63, 3.8) is 0 Å². The largest absolute Gasteiger partial charge is 0.248 e. The van der Waals surface area contributed by atoms with Gasteiger partial charge in [0.2, 0.25) is 0 Å². The summed E-state index contributed by atoms with van der Waals surface area (Å²) in [5.74, 6) is 0. The normalized spacial score (nSPS) is 10.8. The summed E-state index contributed by atoms with van der Waals surface area (Å²) in [6, 6.07) is 18.1. The van der Waals surface area contributed by atoms with E-state index in [9.17, 15) is 0 Å². The van der Waals surface area contributed by atoms with Gasteiger partial charge >= 0.3 is 0 Å². The lowest BCUT2D eigenvalue weighted by atomic mass is 10.0. The summed E-state index contributed by atoms with van der Waals surface area (Å²) in [5, 5.41) is 1.92. The van der Waals surface area contributed by atoms with Gasteiger partial charge in [0, 0.05) is 16.0 Å². The quantitative estimate of drug-likeness (QED) is 0.603. The summed E-state index contributed by atoms with van der Waals surface area (Å²) in [4.78, 5) is 4.73. The first kappa shape index (κ1) is 11.2. The maximum atomic E-state index is 5.91. The first-order chi connectivity index (χ1) is 8.74. The Morgan fingerprint density at radius 2 is 1.67 bits per heavy atom. The Hall–Kier alpha value is -1.86. The Labute approximate surface area is 111 Å². The van der Waals surface area contributed by atoms with E-state index in [4.69, 9.17) is 16.6 Å². The van der Waals surface area contributed by atoms with Crippen LogP contribution in [0.15, 0.2) is 54.6 Å². The summed E-state index contributed by atoms with van der Waals surface area (Å²) in [7, 11) is 0. The van der Waals surface area contributed by atoms with Gasteiger partial charge in [-0.15, -0.1) is 0 Å². The van der Waals surface area contributed by atoms with E-state index in [2.05, 4.69) is 19.1 Å². The molecule has 0 aliphatic heterocycles. The molecule has 0 saturated heterocycles. The van der Waals surface area contributed by atoms with Crippen molar-refractivity contribution in [2.24, 2.45) is 0 Å². The van der Waals surface area contributed by atoms with Crippen LogP contribution >= 0.6 is 11.6 Å². The zero-order chi connectivity index (χ0) is 12.5. The van der Waals surface area contributed by atoms with Gasteiger partial charge in [-0.2, -0.15) is 0 Å². The zero-order valence-electron chi connectivity index (χ0n) is 10.0. The molecule has 0 radical (unpaired) electrons. The van der Waals surface area contributed by atoms with Crippen LogP contribution in [0, 0.1) is 6.92 Å². The van der Waals surface area contributed by atoms with Crippen LogP contribution in [0.3, 0.4) is 0 Å². The highest BCUT2D eigenvalue weighted by Gasteiger charge is 2.05. The highest BCUT2D eigenvalue weighted by Crippen LogP contribution is 2.26. The van der Waals surface area contributed by atoms with Gasteiger partial charge in [-0.25, -0.2) is 4.98 Å². The molecule has 0 N–H and O–H groups in total. The van der Waals surface area contributed by atoms with Gasteiger partial charge in [0.1, 0.15) is 0 Å². The number of fused-ring (bicyclic) bond motifs is 1. The van der Waals surface area contributed by atoms with Crippen LogP contribution in [0.25, 0.3) is 22.2 Å². The molecule has 1 nitrogen and oxygen atoms in total. The lowest BCUT2D eigenvalue weighted by Crippen LogP contribution is -1.89. The number of benzene rings is 2. The van der Waals surface area contributed by atoms with E-state index in [1.54, 1.807) is 0 Å². The van der Waals surface area contributed by atoms with Crippen LogP contribution in [0.2, 0.25) is 5.02 Å². The molecule has 0 bridgehead atoms. The third kappa shape index (κ3) is 1.98. The summed E-state index contributed by atoms with van der Waals surface area (Å²) < 4.78 is 0. The van der Waals surface area contributed by atoms with Crippen molar-refractivity contribution in [2.75, 3.05) is 0 Å². The fraction of sp³-hybridized carbons (Fsp3) is 0.0625.